The number of alkyl carbamates (subject to hydrolysis) is 1. The van der Waals surface area contributed by atoms with Crippen LogP contribution in [-0.4, -0.2) is 55.0 Å². The van der Waals surface area contributed by atoms with Crippen LogP contribution in [0.4, 0.5) is 9.59 Å². The zero-order valence-electron chi connectivity index (χ0n) is 16.6. The Hall–Kier alpha value is -2.28. The van der Waals surface area contributed by atoms with Crippen molar-refractivity contribution in [3.8, 4) is 0 Å². The molecule has 7 heteroatoms. The van der Waals surface area contributed by atoms with Gasteiger partial charge in [0.25, 0.3) is 0 Å². The number of carbonyl (C=O) groups is 2. The molecule has 1 aromatic carbocycles. The smallest absolute Gasteiger partial charge is 0.410 e. The summed E-state index contributed by atoms with van der Waals surface area (Å²) in [6.45, 7) is 7.12. The van der Waals surface area contributed by atoms with Gasteiger partial charge in [0.05, 0.1) is 12.1 Å². The highest BCUT2D eigenvalue weighted by Gasteiger charge is 2.40. The molecule has 0 aliphatic carbocycles. The van der Waals surface area contributed by atoms with Gasteiger partial charge in [-0.05, 0) is 39.2 Å². The Balaban J connectivity index is 1.78. The van der Waals surface area contributed by atoms with Crippen LogP contribution in [0.1, 0.15) is 39.2 Å². The minimum atomic E-state index is -0.532. The molecule has 2 rings (SSSR count). The van der Waals surface area contributed by atoms with E-state index in [2.05, 4.69) is 5.32 Å². The van der Waals surface area contributed by atoms with E-state index in [1.165, 1.54) is 0 Å². The molecule has 0 spiro atoms. The molecule has 1 unspecified atom stereocenters. The molecule has 7 nitrogen and oxygen atoms in total. The standard InChI is InChI=1S/C20H30N2O5/c1-19(2,3)27-17(23)21-12-10-20(25-4)11-13-22(15-20)18(24)26-14-16-8-6-5-7-9-16/h5-9H,10-15H2,1-4H3,(H,21,23). The number of rotatable bonds is 6. The molecule has 0 bridgehead atoms. The second-order valence-corrected chi connectivity index (χ2v) is 7.78. The van der Waals surface area contributed by atoms with Crippen molar-refractivity contribution >= 4 is 12.2 Å². The molecule has 2 amide bonds. The first-order valence-electron chi connectivity index (χ1n) is 9.21. The normalized spacial score (nSPS) is 19.6. The van der Waals surface area contributed by atoms with E-state index in [1.807, 2.05) is 51.1 Å². The predicted octanol–water partition coefficient (Wildman–Crippen LogP) is 3.33. The first kappa shape index (κ1) is 21.0. The minimum Gasteiger partial charge on any atom is -0.445 e. The van der Waals surface area contributed by atoms with Gasteiger partial charge in [0.1, 0.15) is 12.2 Å². The number of nitrogens with zero attached hydrogens (tertiary/aromatic N) is 1. The number of carbonyl (C=O) groups excluding carboxylic acids is 2. The molecule has 0 radical (unpaired) electrons. The highest BCUT2D eigenvalue weighted by atomic mass is 16.6. The van der Waals surface area contributed by atoms with Crippen LogP contribution < -0.4 is 5.32 Å². The van der Waals surface area contributed by atoms with Crippen molar-refractivity contribution in [2.24, 2.45) is 0 Å². The molecular formula is C20H30N2O5. The number of ether oxygens (including phenoxy) is 3. The maximum absolute atomic E-state index is 12.3. The fraction of sp³-hybridized carbons (Fsp3) is 0.600. The highest BCUT2D eigenvalue weighted by molar-refractivity contribution is 5.68. The van der Waals surface area contributed by atoms with Crippen molar-refractivity contribution in [1.29, 1.82) is 0 Å². The number of benzene rings is 1. The molecule has 1 aliphatic rings. The second-order valence-electron chi connectivity index (χ2n) is 7.78. The second kappa shape index (κ2) is 9.08. The van der Waals surface area contributed by atoms with Gasteiger partial charge in [0.2, 0.25) is 0 Å². The number of methoxy groups -OCH3 is 1. The van der Waals surface area contributed by atoms with E-state index in [0.717, 1.165) is 5.56 Å². The van der Waals surface area contributed by atoms with Gasteiger partial charge in [-0.3, -0.25) is 0 Å². The molecule has 1 saturated heterocycles. The van der Waals surface area contributed by atoms with Gasteiger partial charge in [-0.2, -0.15) is 0 Å². The fourth-order valence-electron chi connectivity index (χ4n) is 2.99. The summed E-state index contributed by atoms with van der Waals surface area (Å²) >= 11 is 0. The average molecular weight is 378 g/mol. The van der Waals surface area contributed by atoms with Crippen LogP contribution in [0, 0.1) is 0 Å². The molecule has 1 aliphatic heterocycles. The molecule has 1 atom stereocenters. The van der Waals surface area contributed by atoms with Crippen molar-refractivity contribution in [3.63, 3.8) is 0 Å². The van der Waals surface area contributed by atoms with Gasteiger partial charge in [0.15, 0.2) is 0 Å². The molecular weight excluding hydrogens is 348 g/mol. The van der Waals surface area contributed by atoms with E-state index in [4.69, 9.17) is 14.2 Å². The van der Waals surface area contributed by atoms with E-state index in [1.54, 1.807) is 12.0 Å². The average Bonchev–Trinajstić information content (AvgIpc) is 3.04. The third kappa shape index (κ3) is 6.75. The zero-order valence-corrected chi connectivity index (χ0v) is 16.6. The number of hydrogen-bond acceptors (Lipinski definition) is 5. The Labute approximate surface area is 161 Å². The lowest BCUT2D eigenvalue weighted by Crippen LogP contribution is -2.41. The Morgan fingerprint density at radius 1 is 1.22 bits per heavy atom. The Kier molecular flexibility index (Phi) is 7.07. The third-order valence-electron chi connectivity index (χ3n) is 4.46. The van der Waals surface area contributed by atoms with Crippen LogP contribution in [0.2, 0.25) is 0 Å². The van der Waals surface area contributed by atoms with Crippen molar-refractivity contribution in [1.82, 2.24) is 10.2 Å². The van der Waals surface area contributed by atoms with Crippen LogP contribution in [0.5, 0.6) is 0 Å². The molecule has 1 heterocycles. The number of nitrogens with one attached hydrogen (secondary N) is 1. The van der Waals surface area contributed by atoms with Crippen molar-refractivity contribution in [2.45, 2.75) is 51.4 Å². The Morgan fingerprint density at radius 2 is 1.93 bits per heavy atom. The highest BCUT2D eigenvalue weighted by Crippen LogP contribution is 2.28. The summed E-state index contributed by atoms with van der Waals surface area (Å²) in [6.07, 6.45) is 0.481. The zero-order chi connectivity index (χ0) is 19.9. The molecule has 1 N–H and O–H groups in total. The van der Waals surface area contributed by atoms with Gasteiger partial charge in [-0.1, -0.05) is 30.3 Å². The number of likely N-dealkylation sites (tertiary alicyclic amines) is 1. The van der Waals surface area contributed by atoms with Gasteiger partial charge in [0, 0.05) is 20.2 Å². The Bertz CT molecular complexity index is 629. The van der Waals surface area contributed by atoms with Crippen molar-refractivity contribution in [3.05, 3.63) is 35.9 Å². The molecule has 0 aromatic heterocycles. The number of amides is 2. The summed E-state index contributed by atoms with van der Waals surface area (Å²) < 4.78 is 16.3. The van der Waals surface area contributed by atoms with Crippen LogP contribution >= 0.6 is 0 Å². The van der Waals surface area contributed by atoms with E-state index in [0.29, 0.717) is 32.5 Å². The largest absolute Gasteiger partial charge is 0.445 e. The first-order valence-corrected chi connectivity index (χ1v) is 9.21. The summed E-state index contributed by atoms with van der Waals surface area (Å²) in [5.41, 5.74) is -0.0687. The lowest BCUT2D eigenvalue weighted by Gasteiger charge is -2.28. The predicted molar refractivity (Wildman–Crippen MR) is 101 cm³/mol. The summed E-state index contributed by atoms with van der Waals surface area (Å²) in [4.78, 5) is 25.7. The third-order valence-corrected chi connectivity index (χ3v) is 4.46. The molecule has 27 heavy (non-hydrogen) atoms. The van der Waals surface area contributed by atoms with Crippen LogP contribution in [-0.2, 0) is 20.8 Å². The monoisotopic (exact) mass is 378 g/mol. The topological polar surface area (TPSA) is 77.1 Å². The van der Waals surface area contributed by atoms with Gasteiger partial charge >= 0.3 is 12.2 Å². The lowest BCUT2D eigenvalue weighted by atomic mass is 9.98. The summed E-state index contributed by atoms with van der Waals surface area (Å²) in [5, 5.41) is 2.74. The lowest BCUT2D eigenvalue weighted by molar-refractivity contribution is -0.00942. The first-order chi connectivity index (χ1) is 12.7. The van der Waals surface area contributed by atoms with Gasteiger partial charge < -0.3 is 24.4 Å². The maximum atomic E-state index is 12.3. The summed E-state index contributed by atoms with van der Waals surface area (Å²) in [6, 6.07) is 9.57. The van der Waals surface area contributed by atoms with Gasteiger partial charge in [-0.15, -0.1) is 0 Å². The summed E-state index contributed by atoms with van der Waals surface area (Å²) in [7, 11) is 1.63. The van der Waals surface area contributed by atoms with E-state index >= 15 is 0 Å². The fourth-order valence-corrected chi connectivity index (χ4v) is 2.99. The van der Waals surface area contributed by atoms with Crippen molar-refractivity contribution < 1.29 is 23.8 Å². The Morgan fingerprint density at radius 3 is 2.56 bits per heavy atom. The van der Waals surface area contributed by atoms with E-state index < -0.39 is 17.3 Å². The van der Waals surface area contributed by atoms with E-state index in [9.17, 15) is 9.59 Å². The minimum absolute atomic E-state index is 0.246. The molecule has 1 aromatic rings. The van der Waals surface area contributed by atoms with Gasteiger partial charge in [-0.25, -0.2) is 9.59 Å². The number of hydrogen-bond donors (Lipinski definition) is 1. The quantitative estimate of drug-likeness (QED) is 0.822. The summed E-state index contributed by atoms with van der Waals surface area (Å²) in [5.74, 6) is 0. The molecule has 1 fully saturated rings. The SMILES string of the molecule is COC1(CCNC(=O)OC(C)(C)C)CCN(C(=O)OCc2ccccc2)C1. The van der Waals surface area contributed by atoms with Crippen LogP contribution in [0.3, 0.4) is 0 Å². The van der Waals surface area contributed by atoms with Crippen molar-refractivity contribution in [2.75, 3.05) is 26.7 Å². The van der Waals surface area contributed by atoms with Crippen LogP contribution in [0.15, 0.2) is 30.3 Å². The van der Waals surface area contributed by atoms with Crippen LogP contribution in [0.25, 0.3) is 0 Å². The molecule has 150 valence electrons. The van der Waals surface area contributed by atoms with E-state index in [-0.39, 0.29) is 12.7 Å². The maximum Gasteiger partial charge on any atom is 0.410 e. The molecule has 0 saturated carbocycles.